The Hall–Kier alpha value is 0.0200. The highest BCUT2D eigenvalue weighted by Crippen LogP contribution is 2.28. The fourth-order valence-corrected chi connectivity index (χ4v) is 3.66. The molecule has 0 aliphatic heterocycles. The fourth-order valence-electron chi connectivity index (χ4n) is 2.11. The molecule has 2 aromatic carbocycles. The summed E-state index contributed by atoms with van der Waals surface area (Å²) >= 11 is 9.22. The van der Waals surface area contributed by atoms with Crippen LogP contribution in [0.3, 0.4) is 0 Å². The first-order valence-corrected chi connectivity index (χ1v) is 8.73. The van der Waals surface area contributed by atoms with Crippen LogP contribution < -0.4 is 5.32 Å². The molecule has 0 fully saturated rings. The van der Waals surface area contributed by atoms with Crippen molar-refractivity contribution >= 4 is 54.5 Å². The molecule has 20 heavy (non-hydrogen) atoms. The summed E-state index contributed by atoms with van der Waals surface area (Å²) in [5.41, 5.74) is 2.14. The summed E-state index contributed by atoms with van der Waals surface area (Å²) < 4.78 is 16.5. The SMILES string of the molecule is CNC(Cc1cc(F)cc(Br)c1)c1cc(I)ccc1Br. The third-order valence-corrected chi connectivity index (χ3v) is 4.90. The molecule has 0 saturated carbocycles. The van der Waals surface area contributed by atoms with E-state index < -0.39 is 0 Å². The minimum atomic E-state index is -0.217. The first-order chi connectivity index (χ1) is 9.49. The highest BCUT2D eigenvalue weighted by molar-refractivity contribution is 14.1. The van der Waals surface area contributed by atoms with Gasteiger partial charge in [0.2, 0.25) is 0 Å². The molecule has 1 N–H and O–H groups in total. The van der Waals surface area contributed by atoms with Crippen LogP contribution in [0.15, 0.2) is 45.3 Å². The molecular formula is C15H13Br2FIN. The van der Waals surface area contributed by atoms with E-state index in [1.807, 2.05) is 19.2 Å². The zero-order chi connectivity index (χ0) is 14.7. The molecular weight excluding hydrogens is 500 g/mol. The largest absolute Gasteiger partial charge is 0.313 e. The Kier molecular flexibility index (Phi) is 6.01. The standard InChI is InChI=1S/C15H13Br2FIN/c1-20-15(13-8-12(19)2-3-14(13)17)6-9-4-10(16)7-11(18)5-9/h2-5,7-8,15,20H,6H2,1H3. The number of hydrogen-bond acceptors (Lipinski definition) is 1. The number of halogens is 4. The molecule has 0 amide bonds. The first kappa shape index (κ1) is 16.4. The van der Waals surface area contributed by atoms with Gasteiger partial charge in [-0.05, 0) is 83.6 Å². The number of hydrogen-bond donors (Lipinski definition) is 1. The van der Waals surface area contributed by atoms with Crippen LogP contribution >= 0.6 is 54.5 Å². The van der Waals surface area contributed by atoms with E-state index in [9.17, 15) is 4.39 Å². The van der Waals surface area contributed by atoms with E-state index in [4.69, 9.17) is 0 Å². The van der Waals surface area contributed by atoms with E-state index >= 15 is 0 Å². The van der Waals surface area contributed by atoms with Gasteiger partial charge in [0.1, 0.15) is 5.82 Å². The molecule has 2 aromatic rings. The predicted molar refractivity (Wildman–Crippen MR) is 96.5 cm³/mol. The third kappa shape index (κ3) is 4.26. The van der Waals surface area contributed by atoms with Crippen molar-refractivity contribution in [2.75, 3.05) is 7.05 Å². The summed E-state index contributed by atoms with van der Waals surface area (Å²) in [6, 6.07) is 11.4. The Morgan fingerprint density at radius 1 is 1.20 bits per heavy atom. The number of likely N-dealkylation sites (N-methyl/N-ethyl adjacent to an activating group) is 1. The van der Waals surface area contributed by atoms with Crippen LogP contribution in [-0.2, 0) is 6.42 Å². The van der Waals surface area contributed by atoms with E-state index in [0.717, 1.165) is 20.9 Å². The average Bonchev–Trinajstić information content (AvgIpc) is 2.38. The second kappa shape index (κ2) is 7.33. The summed E-state index contributed by atoms with van der Waals surface area (Å²) in [4.78, 5) is 0. The Morgan fingerprint density at radius 3 is 2.60 bits per heavy atom. The molecule has 2 rings (SSSR count). The molecule has 0 aliphatic carbocycles. The second-order valence-electron chi connectivity index (χ2n) is 4.49. The van der Waals surface area contributed by atoms with Crippen molar-refractivity contribution in [3.05, 3.63) is 65.9 Å². The quantitative estimate of drug-likeness (QED) is 0.537. The van der Waals surface area contributed by atoms with Crippen molar-refractivity contribution in [1.82, 2.24) is 5.32 Å². The van der Waals surface area contributed by atoms with E-state index in [2.05, 4.69) is 71.9 Å². The maximum atomic E-state index is 13.5. The molecule has 106 valence electrons. The van der Waals surface area contributed by atoms with Crippen molar-refractivity contribution in [2.45, 2.75) is 12.5 Å². The monoisotopic (exact) mass is 511 g/mol. The Balaban J connectivity index is 2.31. The summed E-state index contributed by atoms with van der Waals surface area (Å²) in [6.07, 6.45) is 0.728. The van der Waals surface area contributed by atoms with Gasteiger partial charge in [0.25, 0.3) is 0 Å². The molecule has 5 heteroatoms. The predicted octanol–water partition coefficient (Wildman–Crippen LogP) is 5.46. The van der Waals surface area contributed by atoms with Gasteiger partial charge in [-0.1, -0.05) is 31.9 Å². The maximum Gasteiger partial charge on any atom is 0.124 e. The normalized spacial score (nSPS) is 12.4. The Morgan fingerprint density at radius 2 is 1.95 bits per heavy atom. The third-order valence-electron chi connectivity index (χ3n) is 3.04. The van der Waals surface area contributed by atoms with Gasteiger partial charge >= 0.3 is 0 Å². The van der Waals surface area contributed by atoms with E-state index in [1.54, 1.807) is 6.07 Å². The van der Waals surface area contributed by atoms with E-state index in [-0.39, 0.29) is 11.9 Å². The summed E-state index contributed by atoms with van der Waals surface area (Å²) in [5.74, 6) is -0.217. The Bertz CT molecular complexity index is 599. The lowest BCUT2D eigenvalue weighted by molar-refractivity contribution is 0.581. The zero-order valence-corrected chi connectivity index (χ0v) is 16.1. The highest BCUT2D eigenvalue weighted by atomic mass is 127. The molecule has 1 nitrogen and oxygen atoms in total. The minimum absolute atomic E-state index is 0.132. The van der Waals surface area contributed by atoms with Gasteiger partial charge in [0.05, 0.1) is 0 Å². The van der Waals surface area contributed by atoms with Crippen LogP contribution in [0, 0.1) is 9.39 Å². The average molecular weight is 513 g/mol. The molecule has 0 heterocycles. The fraction of sp³-hybridized carbons (Fsp3) is 0.200. The van der Waals surface area contributed by atoms with Crippen LogP contribution in [0.25, 0.3) is 0 Å². The smallest absolute Gasteiger partial charge is 0.124 e. The summed E-state index contributed by atoms with van der Waals surface area (Å²) in [6.45, 7) is 0. The lowest BCUT2D eigenvalue weighted by Gasteiger charge is -2.19. The summed E-state index contributed by atoms with van der Waals surface area (Å²) in [5, 5.41) is 3.30. The lowest BCUT2D eigenvalue weighted by Crippen LogP contribution is -2.19. The first-order valence-electron chi connectivity index (χ1n) is 6.07. The van der Waals surface area contributed by atoms with Crippen LogP contribution in [0.1, 0.15) is 17.2 Å². The van der Waals surface area contributed by atoms with Gasteiger partial charge < -0.3 is 5.32 Å². The Labute approximate surface area is 148 Å². The van der Waals surface area contributed by atoms with Crippen molar-refractivity contribution < 1.29 is 4.39 Å². The summed E-state index contributed by atoms with van der Waals surface area (Å²) in [7, 11) is 1.92. The van der Waals surface area contributed by atoms with Gasteiger partial charge in [0.15, 0.2) is 0 Å². The minimum Gasteiger partial charge on any atom is -0.313 e. The number of rotatable bonds is 4. The van der Waals surface area contributed by atoms with Gasteiger partial charge in [-0.2, -0.15) is 0 Å². The lowest BCUT2D eigenvalue weighted by atomic mass is 9.99. The van der Waals surface area contributed by atoms with Crippen molar-refractivity contribution in [2.24, 2.45) is 0 Å². The van der Waals surface area contributed by atoms with Crippen LogP contribution in [0.4, 0.5) is 4.39 Å². The van der Waals surface area contributed by atoms with Crippen molar-refractivity contribution in [1.29, 1.82) is 0 Å². The van der Waals surface area contributed by atoms with Gasteiger partial charge in [-0.15, -0.1) is 0 Å². The molecule has 0 aromatic heterocycles. The number of benzene rings is 2. The maximum absolute atomic E-state index is 13.5. The molecule has 0 spiro atoms. The molecule has 0 bridgehead atoms. The number of nitrogens with one attached hydrogen (secondary N) is 1. The molecule has 1 atom stereocenters. The van der Waals surface area contributed by atoms with E-state index in [0.29, 0.717) is 0 Å². The van der Waals surface area contributed by atoms with Crippen LogP contribution in [0.2, 0.25) is 0 Å². The highest BCUT2D eigenvalue weighted by Gasteiger charge is 2.14. The molecule has 0 aliphatic rings. The second-order valence-corrected chi connectivity index (χ2v) is 7.50. The van der Waals surface area contributed by atoms with Crippen LogP contribution in [0.5, 0.6) is 0 Å². The van der Waals surface area contributed by atoms with Crippen molar-refractivity contribution in [3.8, 4) is 0 Å². The van der Waals surface area contributed by atoms with Crippen molar-refractivity contribution in [3.63, 3.8) is 0 Å². The zero-order valence-electron chi connectivity index (χ0n) is 10.8. The molecule has 1 unspecified atom stereocenters. The molecule has 0 radical (unpaired) electrons. The molecule has 0 saturated heterocycles. The topological polar surface area (TPSA) is 12.0 Å². The van der Waals surface area contributed by atoms with Gasteiger partial charge in [-0.3, -0.25) is 0 Å². The van der Waals surface area contributed by atoms with Crippen LogP contribution in [-0.4, -0.2) is 7.05 Å². The van der Waals surface area contributed by atoms with E-state index in [1.165, 1.54) is 15.2 Å². The van der Waals surface area contributed by atoms with Gasteiger partial charge in [-0.25, -0.2) is 4.39 Å². The van der Waals surface area contributed by atoms with Gasteiger partial charge in [0, 0.05) is 18.6 Å².